The van der Waals surface area contributed by atoms with Gasteiger partial charge < -0.3 is 0 Å². The second kappa shape index (κ2) is 4.03. The molecule has 0 radical (unpaired) electrons. The van der Waals surface area contributed by atoms with Crippen LogP contribution in [0, 0.1) is 5.82 Å². The minimum atomic E-state index is -2.55. The van der Waals surface area contributed by atoms with Gasteiger partial charge in [0.25, 0.3) is 0 Å². The van der Waals surface area contributed by atoms with Gasteiger partial charge in [-0.3, -0.25) is 0 Å². The summed E-state index contributed by atoms with van der Waals surface area (Å²) in [5, 5.41) is 0. The van der Waals surface area contributed by atoms with E-state index in [4.69, 9.17) is 0 Å². The van der Waals surface area contributed by atoms with Gasteiger partial charge in [-0.05, 0) is 25.0 Å². The molecule has 0 saturated carbocycles. The molecule has 0 aliphatic carbocycles. The number of hydrogen-bond acceptors (Lipinski definition) is 0. The molecule has 0 fully saturated rings. The van der Waals surface area contributed by atoms with Gasteiger partial charge in [0.1, 0.15) is 5.82 Å². The number of hydrogen-bond donors (Lipinski definition) is 0. The molecule has 0 N–H and O–H groups in total. The maximum atomic E-state index is 13.3. The van der Waals surface area contributed by atoms with Gasteiger partial charge in [0.05, 0.1) is 5.41 Å². The van der Waals surface area contributed by atoms with E-state index < -0.39 is 17.7 Å². The Hall–Kier alpha value is -0.990. The second-order valence-electron chi connectivity index (χ2n) is 3.55. The highest BCUT2D eigenvalue weighted by Crippen LogP contribution is 2.35. The van der Waals surface area contributed by atoms with Crippen LogP contribution in [0.5, 0.6) is 0 Å². The average molecular weight is 202 g/mol. The number of halogens is 3. The molecule has 0 heterocycles. The Labute approximate surface area is 81.8 Å². The van der Waals surface area contributed by atoms with Crippen LogP contribution < -0.4 is 0 Å². The van der Waals surface area contributed by atoms with Crippen LogP contribution in [0.25, 0.3) is 0 Å². The normalized spacial score (nSPS) is 15.6. The largest absolute Gasteiger partial charge is 0.247 e. The van der Waals surface area contributed by atoms with Crippen molar-refractivity contribution in [2.45, 2.75) is 32.1 Å². The molecule has 1 rings (SSSR count). The first-order valence-electron chi connectivity index (χ1n) is 4.55. The summed E-state index contributed by atoms with van der Waals surface area (Å²) in [5.41, 5.74) is -1.29. The van der Waals surface area contributed by atoms with E-state index in [-0.39, 0.29) is 12.0 Å². The molecule has 0 aliphatic rings. The average Bonchev–Trinajstić information content (AvgIpc) is 2.17. The van der Waals surface area contributed by atoms with Crippen molar-refractivity contribution in [1.29, 1.82) is 0 Å². The van der Waals surface area contributed by atoms with E-state index in [1.807, 2.05) is 0 Å². The lowest BCUT2D eigenvalue weighted by atomic mass is 9.80. The number of benzene rings is 1. The van der Waals surface area contributed by atoms with Crippen molar-refractivity contribution >= 4 is 0 Å². The number of rotatable bonds is 3. The quantitative estimate of drug-likeness (QED) is 0.700. The lowest BCUT2D eigenvalue weighted by Gasteiger charge is -2.28. The molecule has 78 valence electrons. The van der Waals surface area contributed by atoms with E-state index in [9.17, 15) is 13.2 Å². The van der Waals surface area contributed by atoms with E-state index in [2.05, 4.69) is 0 Å². The summed E-state index contributed by atoms with van der Waals surface area (Å²) in [6.07, 6.45) is -2.34. The van der Waals surface area contributed by atoms with Crippen LogP contribution in [-0.2, 0) is 5.41 Å². The van der Waals surface area contributed by atoms with Gasteiger partial charge in [0.2, 0.25) is 6.43 Å². The van der Waals surface area contributed by atoms with Crippen molar-refractivity contribution < 1.29 is 13.2 Å². The highest BCUT2D eigenvalue weighted by Gasteiger charge is 2.36. The summed E-state index contributed by atoms with van der Waals surface area (Å²) < 4.78 is 38.9. The zero-order valence-corrected chi connectivity index (χ0v) is 8.23. The summed E-state index contributed by atoms with van der Waals surface area (Å²) in [6.45, 7) is 3.02. The predicted molar refractivity (Wildman–Crippen MR) is 50.0 cm³/mol. The first-order chi connectivity index (χ1) is 6.52. The number of alkyl halides is 2. The Balaban J connectivity index is 3.19. The lowest BCUT2D eigenvalue weighted by Crippen LogP contribution is -2.31. The monoisotopic (exact) mass is 202 g/mol. The van der Waals surface area contributed by atoms with Gasteiger partial charge in [0, 0.05) is 0 Å². The highest BCUT2D eigenvalue weighted by molar-refractivity contribution is 5.26. The van der Waals surface area contributed by atoms with Gasteiger partial charge >= 0.3 is 0 Å². The summed E-state index contributed by atoms with van der Waals surface area (Å²) in [6, 6.07) is 5.71. The zero-order valence-electron chi connectivity index (χ0n) is 8.23. The van der Waals surface area contributed by atoms with Crippen LogP contribution >= 0.6 is 0 Å². The van der Waals surface area contributed by atoms with E-state index >= 15 is 0 Å². The third kappa shape index (κ3) is 1.76. The molecule has 1 aromatic rings. The van der Waals surface area contributed by atoms with Crippen LogP contribution in [0.15, 0.2) is 24.3 Å². The maximum absolute atomic E-state index is 13.3. The minimum absolute atomic E-state index is 0.0949. The fourth-order valence-corrected chi connectivity index (χ4v) is 1.39. The molecule has 3 heteroatoms. The molecule has 1 atom stereocenters. The summed E-state index contributed by atoms with van der Waals surface area (Å²) >= 11 is 0. The molecule has 0 aromatic heterocycles. The smallest absolute Gasteiger partial charge is 0.210 e. The van der Waals surface area contributed by atoms with Gasteiger partial charge in [-0.25, -0.2) is 13.2 Å². The molecular formula is C11H13F3. The summed E-state index contributed by atoms with van der Waals surface area (Å²) in [5.74, 6) is -0.558. The molecule has 0 spiro atoms. The van der Waals surface area contributed by atoms with Crippen LogP contribution in [0.1, 0.15) is 25.8 Å². The van der Waals surface area contributed by atoms with Crippen molar-refractivity contribution in [3.8, 4) is 0 Å². The molecular weight excluding hydrogens is 189 g/mol. The van der Waals surface area contributed by atoms with E-state index in [0.29, 0.717) is 0 Å². The molecule has 0 saturated heterocycles. The molecule has 0 unspecified atom stereocenters. The molecule has 1 aromatic carbocycles. The standard InChI is InChI=1S/C11H13F3/c1-3-11(2,10(13)14)8-6-4-5-7-9(8)12/h4-7,10H,3H2,1-2H3/t11-/m0/s1. The van der Waals surface area contributed by atoms with Crippen LogP contribution in [-0.4, -0.2) is 6.43 Å². The first kappa shape index (κ1) is 11.1. The van der Waals surface area contributed by atoms with Crippen molar-refractivity contribution in [3.63, 3.8) is 0 Å². The van der Waals surface area contributed by atoms with Crippen molar-refractivity contribution in [3.05, 3.63) is 35.6 Å². The van der Waals surface area contributed by atoms with Gasteiger partial charge in [0.15, 0.2) is 0 Å². The van der Waals surface area contributed by atoms with Crippen molar-refractivity contribution in [2.24, 2.45) is 0 Å². The molecule has 0 amide bonds. The molecule has 0 aliphatic heterocycles. The maximum Gasteiger partial charge on any atom is 0.247 e. The van der Waals surface area contributed by atoms with Gasteiger partial charge in [-0.1, -0.05) is 25.1 Å². The van der Waals surface area contributed by atoms with Gasteiger partial charge in [-0.2, -0.15) is 0 Å². The predicted octanol–water partition coefficient (Wildman–Crippen LogP) is 3.76. The Morgan fingerprint density at radius 3 is 2.29 bits per heavy atom. The highest BCUT2D eigenvalue weighted by atomic mass is 19.3. The SMILES string of the molecule is CC[C@@](C)(c1ccccc1F)C(F)F. The van der Waals surface area contributed by atoms with E-state index in [1.165, 1.54) is 25.1 Å². The van der Waals surface area contributed by atoms with Crippen LogP contribution in [0.2, 0.25) is 0 Å². The lowest BCUT2D eigenvalue weighted by molar-refractivity contribution is 0.0546. The minimum Gasteiger partial charge on any atom is -0.210 e. The molecule has 14 heavy (non-hydrogen) atoms. The van der Waals surface area contributed by atoms with E-state index in [1.54, 1.807) is 13.0 Å². The summed E-state index contributed by atoms with van der Waals surface area (Å²) in [4.78, 5) is 0. The zero-order chi connectivity index (χ0) is 10.8. The van der Waals surface area contributed by atoms with Crippen molar-refractivity contribution in [2.75, 3.05) is 0 Å². The Morgan fingerprint density at radius 2 is 1.86 bits per heavy atom. The Morgan fingerprint density at radius 1 is 1.29 bits per heavy atom. The van der Waals surface area contributed by atoms with E-state index in [0.717, 1.165) is 0 Å². The molecule has 0 bridgehead atoms. The topological polar surface area (TPSA) is 0 Å². The second-order valence-corrected chi connectivity index (χ2v) is 3.55. The first-order valence-corrected chi connectivity index (χ1v) is 4.55. The third-order valence-electron chi connectivity index (χ3n) is 2.71. The fraction of sp³-hybridized carbons (Fsp3) is 0.455. The molecule has 0 nitrogen and oxygen atoms in total. The fourth-order valence-electron chi connectivity index (χ4n) is 1.39. The van der Waals surface area contributed by atoms with Crippen LogP contribution in [0.4, 0.5) is 13.2 Å². The Bertz CT molecular complexity index is 309. The third-order valence-corrected chi connectivity index (χ3v) is 2.71. The van der Waals surface area contributed by atoms with Gasteiger partial charge in [-0.15, -0.1) is 0 Å². The van der Waals surface area contributed by atoms with Crippen LogP contribution in [0.3, 0.4) is 0 Å². The van der Waals surface area contributed by atoms with Crippen molar-refractivity contribution in [1.82, 2.24) is 0 Å². The Kier molecular flexibility index (Phi) is 3.19. The summed E-state index contributed by atoms with van der Waals surface area (Å²) in [7, 11) is 0.